The van der Waals surface area contributed by atoms with Crippen LogP contribution in [0.25, 0.3) is 10.9 Å². The zero-order valence-electron chi connectivity index (χ0n) is 10.6. The second-order valence-electron chi connectivity index (χ2n) is 4.99. The lowest BCUT2D eigenvalue weighted by atomic mass is 10.1. The number of para-hydroxylation sites is 1. The number of rotatable bonds is 2. The molecule has 2 heterocycles. The van der Waals surface area contributed by atoms with E-state index in [-0.39, 0.29) is 5.82 Å². The van der Waals surface area contributed by atoms with Gasteiger partial charge in [-0.2, -0.15) is 0 Å². The van der Waals surface area contributed by atoms with Crippen molar-refractivity contribution in [3.63, 3.8) is 0 Å². The number of likely N-dealkylation sites (N-methyl/N-ethyl adjacent to an activating group) is 1. The summed E-state index contributed by atoms with van der Waals surface area (Å²) in [5.74, 6) is -0.124. The predicted molar refractivity (Wildman–Crippen MR) is 71.0 cm³/mol. The molecule has 0 saturated carbocycles. The van der Waals surface area contributed by atoms with Crippen LogP contribution in [0, 0.1) is 5.82 Å². The Bertz CT molecular complexity index is 588. The lowest BCUT2D eigenvalue weighted by molar-refractivity contribution is 0.271. The molecule has 0 atom stereocenters. The molecule has 1 aromatic heterocycles. The standard InChI is InChI=1S/C14H18FN3/c1-17-7-8-18-13(9-17)10(5-6-16)11-3-2-4-12(15)14(11)18/h2-4H,5-9,16H2,1H3. The Labute approximate surface area is 106 Å². The quantitative estimate of drug-likeness (QED) is 0.877. The van der Waals surface area contributed by atoms with Crippen LogP contribution in [0.1, 0.15) is 11.3 Å². The third kappa shape index (κ3) is 1.64. The van der Waals surface area contributed by atoms with Crippen LogP contribution in [0.2, 0.25) is 0 Å². The van der Waals surface area contributed by atoms with Crippen LogP contribution in [0.5, 0.6) is 0 Å². The van der Waals surface area contributed by atoms with Crippen molar-refractivity contribution in [1.82, 2.24) is 9.47 Å². The van der Waals surface area contributed by atoms with Gasteiger partial charge in [0.05, 0.1) is 5.52 Å². The molecular formula is C14H18FN3. The van der Waals surface area contributed by atoms with Crippen LogP contribution < -0.4 is 5.73 Å². The molecule has 3 rings (SSSR count). The molecule has 18 heavy (non-hydrogen) atoms. The summed E-state index contributed by atoms with van der Waals surface area (Å²) in [7, 11) is 2.10. The van der Waals surface area contributed by atoms with Crippen molar-refractivity contribution in [1.29, 1.82) is 0 Å². The molecule has 0 aliphatic carbocycles. The van der Waals surface area contributed by atoms with Crippen LogP contribution in [-0.2, 0) is 19.5 Å². The molecule has 0 fully saturated rings. The van der Waals surface area contributed by atoms with E-state index in [4.69, 9.17) is 5.73 Å². The first kappa shape index (κ1) is 11.7. The molecule has 0 bridgehead atoms. The number of fused-ring (bicyclic) bond motifs is 3. The number of halogens is 1. The average molecular weight is 247 g/mol. The number of hydrogen-bond acceptors (Lipinski definition) is 2. The van der Waals surface area contributed by atoms with Crippen molar-refractivity contribution in [3.8, 4) is 0 Å². The smallest absolute Gasteiger partial charge is 0.147 e. The third-order valence-corrected chi connectivity index (χ3v) is 3.78. The summed E-state index contributed by atoms with van der Waals surface area (Å²) in [5.41, 5.74) is 8.91. The summed E-state index contributed by atoms with van der Waals surface area (Å²) >= 11 is 0. The van der Waals surface area contributed by atoms with Gasteiger partial charge in [-0.1, -0.05) is 12.1 Å². The Balaban J connectivity index is 2.30. The molecule has 2 N–H and O–H groups in total. The Kier molecular flexibility index (Phi) is 2.84. The van der Waals surface area contributed by atoms with Crippen LogP contribution in [0.3, 0.4) is 0 Å². The van der Waals surface area contributed by atoms with E-state index in [0.29, 0.717) is 6.54 Å². The van der Waals surface area contributed by atoms with Crippen LogP contribution in [0.4, 0.5) is 4.39 Å². The second kappa shape index (κ2) is 4.37. The number of benzene rings is 1. The van der Waals surface area contributed by atoms with E-state index >= 15 is 0 Å². The van der Waals surface area contributed by atoms with Gasteiger partial charge in [0.2, 0.25) is 0 Å². The lowest BCUT2D eigenvalue weighted by Crippen LogP contribution is -2.30. The highest BCUT2D eigenvalue weighted by atomic mass is 19.1. The van der Waals surface area contributed by atoms with Gasteiger partial charge in [0.25, 0.3) is 0 Å². The Hall–Kier alpha value is -1.39. The van der Waals surface area contributed by atoms with Gasteiger partial charge in [-0.3, -0.25) is 4.90 Å². The largest absolute Gasteiger partial charge is 0.339 e. The maximum atomic E-state index is 14.1. The molecule has 0 saturated heterocycles. The highest BCUT2D eigenvalue weighted by Crippen LogP contribution is 2.31. The predicted octanol–water partition coefficient (Wildman–Crippen LogP) is 1.73. The van der Waals surface area contributed by atoms with Crippen molar-refractivity contribution < 1.29 is 4.39 Å². The molecule has 0 spiro atoms. The SMILES string of the molecule is CN1CCn2c(c(CCN)c3cccc(F)c32)C1. The molecule has 0 amide bonds. The minimum atomic E-state index is -0.124. The zero-order valence-corrected chi connectivity index (χ0v) is 10.6. The van der Waals surface area contributed by atoms with Gasteiger partial charge in [0.15, 0.2) is 0 Å². The van der Waals surface area contributed by atoms with Gasteiger partial charge in [-0.05, 0) is 31.6 Å². The fourth-order valence-corrected chi connectivity index (χ4v) is 2.94. The van der Waals surface area contributed by atoms with Gasteiger partial charge in [-0.25, -0.2) is 4.39 Å². The summed E-state index contributed by atoms with van der Waals surface area (Å²) in [5, 5.41) is 1.03. The Morgan fingerprint density at radius 2 is 2.17 bits per heavy atom. The van der Waals surface area contributed by atoms with Crippen molar-refractivity contribution in [2.45, 2.75) is 19.5 Å². The molecule has 2 aromatic rings. The zero-order chi connectivity index (χ0) is 12.7. The van der Waals surface area contributed by atoms with E-state index in [9.17, 15) is 4.39 Å². The molecule has 3 nitrogen and oxygen atoms in total. The Morgan fingerprint density at radius 3 is 2.94 bits per heavy atom. The summed E-state index contributed by atoms with van der Waals surface area (Å²) in [6, 6.07) is 5.34. The van der Waals surface area contributed by atoms with Crippen LogP contribution >= 0.6 is 0 Å². The van der Waals surface area contributed by atoms with Crippen molar-refractivity contribution in [2.24, 2.45) is 5.73 Å². The van der Waals surface area contributed by atoms with E-state index in [1.165, 1.54) is 11.3 Å². The second-order valence-corrected chi connectivity index (χ2v) is 4.99. The number of hydrogen-bond donors (Lipinski definition) is 1. The van der Waals surface area contributed by atoms with Gasteiger partial charge in [0, 0.05) is 30.7 Å². The number of nitrogens with zero attached hydrogens (tertiary/aromatic N) is 2. The highest BCUT2D eigenvalue weighted by molar-refractivity contribution is 5.86. The molecular weight excluding hydrogens is 229 g/mol. The first-order valence-electron chi connectivity index (χ1n) is 6.39. The summed E-state index contributed by atoms with van der Waals surface area (Å²) < 4.78 is 16.2. The van der Waals surface area contributed by atoms with E-state index < -0.39 is 0 Å². The van der Waals surface area contributed by atoms with Crippen molar-refractivity contribution >= 4 is 10.9 Å². The van der Waals surface area contributed by atoms with E-state index in [1.54, 1.807) is 12.1 Å². The molecule has 4 heteroatoms. The van der Waals surface area contributed by atoms with Gasteiger partial charge < -0.3 is 10.3 Å². The molecule has 0 unspecified atom stereocenters. The molecule has 1 aromatic carbocycles. The van der Waals surface area contributed by atoms with Crippen LogP contribution in [0.15, 0.2) is 18.2 Å². The van der Waals surface area contributed by atoms with Gasteiger partial charge in [0.1, 0.15) is 5.82 Å². The van der Waals surface area contributed by atoms with E-state index in [1.807, 2.05) is 6.07 Å². The number of aromatic nitrogens is 1. The first-order chi connectivity index (χ1) is 8.72. The highest BCUT2D eigenvalue weighted by Gasteiger charge is 2.22. The first-order valence-corrected chi connectivity index (χ1v) is 6.39. The van der Waals surface area contributed by atoms with E-state index in [2.05, 4.69) is 16.5 Å². The summed E-state index contributed by atoms with van der Waals surface area (Å²) in [4.78, 5) is 2.27. The maximum absolute atomic E-state index is 14.1. The molecule has 1 aliphatic heterocycles. The minimum absolute atomic E-state index is 0.124. The third-order valence-electron chi connectivity index (χ3n) is 3.78. The lowest BCUT2D eigenvalue weighted by Gasteiger charge is -2.26. The summed E-state index contributed by atoms with van der Waals surface area (Å²) in [6.45, 7) is 3.30. The summed E-state index contributed by atoms with van der Waals surface area (Å²) in [6.07, 6.45) is 0.816. The van der Waals surface area contributed by atoms with Crippen molar-refractivity contribution in [2.75, 3.05) is 20.1 Å². The average Bonchev–Trinajstić information content (AvgIpc) is 2.66. The van der Waals surface area contributed by atoms with Crippen LogP contribution in [-0.4, -0.2) is 29.6 Å². The normalized spacial score (nSPS) is 16.2. The number of nitrogens with two attached hydrogens (primary N) is 1. The monoisotopic (exact) mass is 247 g/mol. The minimum Gasteiger partial charge on any atom is -0.339 e. The fraction of sp³-hybridized carbons (Fsp3) is 0.429. The van der Waals surface area contributed by atoms with Gasteiger partial charge in [-0.15, -0.1) is 0 Å². The van der Waals surface area contributed by atoms with Crippen molar-refractivity contribution in [3.05, 3.63) is 35.3 Å². The maximum Gasteiger partial charge on any atom is 0.147 e. The van der Waals surface area contributed by atoms with Gasteiger partial charge >= 0.3 is 0 Å². The fourth-order valence-electron chi connectivity index (χ4n) is 2.94. The molecule has 1 aliphatic rings. The van der Waals surface area contributed by atoms with E-state index in [0.717, 1.165) is 37.0 Å². The molecule has 0 radical (unpaired) electrons. The topological polar surface area (TPSA) is 34.2 Å². The molecule has 96 valence electrons. The Morgan fingerprint density at radius 1 is 1.33 bits per heavy atom.